The van der Waals surface area contributed by atoms with Crippen molar-refractivity contribution in [1.82, 2.24) is 0 Å². The Kier molecular flexibility index (Phi) is 12.1. The van der Waals surface area contributed by atoms with Gasteiger partial charge in [0.25, 0.3) is 0 Å². The average Bonchev–Trinajstić information content (AvgIpc) is 2.25. The topological polar surface area (TPSA) is 110 Å². The molecule has 0 fully saturated rings. The molecule has 17 heavy (non-hydrogen) atoms. The molecule has 0 aliphatic carbocycles. The molecule has 7 nitrogen and oxygen atoms in total. The molecule has 0 bridgehead atoms. The number of carboxylic acids is 1. The van der Waals surface area contributed by atoms with E-state index in [-0.39, 0.29) is 13.2 Å². The van der Waals surface area contributed by atoms with Gasteiger partial charge in [-0.3, -0.25) is 4.57 Å². The molecule has 100 valence electrons. The Morgan fingerprint density at radius 1 is 1.53 bits per heavy atom. The molecule has 0 aromatic carbocycles. The number of aliphatic hydroxyl groups is 1. The molecule has 0 spiro atoms. The lowest BCUT2D eigenvalue weighted by Crippen LogP contribution is -2.16. The first-order valence-corrected chi connectivity index (χ1v) is 6.46. The summed E-state index contributed by atoms with van der Waals surface area (Å²) in [5.74, 6) is -1.59. The standard InChI is InChI=1S/C5H8O3.C4H9O4P/c1-2-5(7)8-4-3-6;1-3(4(5)6)8-9(2)7/h2,6H,1,3-4H2;3,9H,1-2H3,(H,5,6). The molecular formula is C9H17O7P. The fourth-order valence-electron chi connectivity index (χ4n) is 0.505. The van der Waals surface area contributed by atoms with E-state index in [4.69, 9.17) is 10.2 Å². The third-order valence-electron chi connectivity index (χ3n) is 1.19. The van der Waals surface area contributed by atoms with E-state index in [1.165, 1.54) is 13.6 Å². The number of aliphatic carboxylic acids is 1. The molecule has 0 aromatic rings. The number of esters is 1. The number of carboxylic acid groups (broad SMARTS) is 1. The van der Waals surface area contributed by atoms with Gasteiger partial charge in [0.05, 0.1) is 6.61 Å². The molecule has 0 aliphatic rings. The Bertz CT molecular complexity index is 277. The maximum Gasteiger partial charge on any atom is 0.333 e. The van der Waals surface area contributed by atoms with E-state index >= 15 is 0 Å². The summed E-state index contributed by atoms with van der Waals surface area (Å²) >= 11 is 0. The first-order valence-electron chi connectivity index (χ1n) is 4.65. The molecule has 2 atom stereocenters. The minimum Gasteiger partial charge on any atom is -0.479 e. The molecule has 0 saturated heterocycles. The fraction of sp³-hybridized carbons (Fsp3) is 0.556. The summed E-state index contributed by atoms with van der Waals surface area (Å²) in [6.45, 7) is 5.76. The molecule has 2 unspecified atom stereocenters. The van der Waals surface area contributed by atoms with Crippen molar-refractivity contribution in [2.24, 2.45) is 0 Å². The SMILES string of the molecule is C=CC(=O)OCCO.CC(O[PH](C)=O)C(=O)O. The van der Waals surface area contributed by atoms with Crippen molar-refractivity contribution >= 4 is 20.0 Å². The van der Waals surface area contributed by atoms with Crippen molar-refractivity contribution in [3.05, 3.63) is 12.7 Å². The summed E-state index contributed by atoms with van der Waals surface area (Å²) in [4.78, 5) is 20.1. The van der Waals surface area contributed by atoms with Gasteiger partial charge in [-0.1, -0.05) is 6.58 Å². The fourth-order valence-corrected chi connectivity index (χ4v) is 1.10. The molecule has 0 heterocycles. The van der Waals surface area contributed by atoms with Gasteiger partial charge in [-0.2, -0.15) is 0 Å². The zero-order valence-electron chi connectivity index (χ0n) is 9.71. The Labute approximate surface area is 99.9 Å². The third kappa shape index (κ3) is 14.8. The first-order chi connectivity index (χ1) is 7.84. The smallest absolute Gasteiger partial charge is 0.333 e. The van der Waals surface area contributed by atoms with Gasteiger partial charge in [0.15, 0.2) is 14.1 Å². The minimum absolute atomic E-state index is 0.0465. The highest BCUT2D eigenvalue weighted by molar-refractivity contribution is 7.38. The van der Waals surface area contributed by atoms with Crippen molar-refractivity contribution in [3.63, 3.8) is 0 Å². The number of rotatable bonds is 6. The highest BCUT2D eigenvalue weighted by Gasteiger charge is 2.11. The summed E-state index contributed by atoms with van der Waals surface area (Å²) in [6, 6.07) is 0. The molecule has 8 heteroatoms. The van der Waals surface area contributed by atoms with Gasteiger partial charge in [-0.05, 0) is 6.92 Å². The van der Waals surface area contributed by atoms with Gasteiger partial charge in [-0.15, -0.1) is 0 Å². The Hall–Kier alpha value is -1.17. The largest absolute Gasteiger partial charge is 0.479 e. The summed E-state index contributed by atoms with van der Waals surface area (Å²) in [7, 11) is -2.11. The second-order valence-electron chi connectivity index (χ2n) is 2.69. The van der Waals surface area contributed by atoms with Gasteiger partial charge < -0.3 is 19.5 Å². The highest BCUT2D eigenvalue weighted by atomic mass is 31.1. The van der Waals surface area contributed by atoms with Gasteiger partial charge >= 0.3 is 11.9 Å². The van der Waals surface area contributed by atoms with Crippen LogP contribution in [-0.2, 0) is 23.4 Å². The second kappa shape index (κ2) is 11.3. The van der Waals surface area contributed by atoms with Crippen molar-refractivity contribution in [2.45, 2.75) is 13.0 Å². The number of hydrogen-bond donors (Lipinski definition) is 2. The van der Waals surface area contributed by atoms with Crippen LogP contribution in [0.5, 0.6) is 0 Å². The van der Waals surface area contributed by atoms with Crippen LogP contribution in [0.4, 0.5) is 0 Å². The lowest BCUT2D eigenvalue weighted by molar-refractivity contribution is -0.144. The lowest BCUT2D eigenvalue weighted by atomic mass is 10.4. The van der Waals surface area contributed by atoms with E-state index in [9.17, 15) is 14.2 Å². The van der Waals surface area contributed by atoms with Gasteiger partial charge in [-0.25, -0.2) is 9.59 Å². The molecule has 2 N–H and O–H groups in total. The molecule has 0 aliphatic heterocycles. The maximum absolute atomic E-state index is 10.3. The van der Waals surface area contributed by atoms with Crippen LogP contribution in [0.25, 0.3) is 0 Å². The first kappa shape index (κ1) is 18.2. The number of carbonyl (C=O) groups excluding carboxylic acids is 1. The number of ether oxygens (including phenoxy) is 1. The summed E-state index contributed by atoms with van der Waals surface area (Å²) < 4.78 is 19.0. The summed E-state index contributed by atoms with van der Waals surface area (Å²) in [6.07, 6.45) is 0.0942. The van der Waals surface area contributed by atoms with Gasteiger partial charge in [0.2, 0.25) is 0 Å². The molecule has 0 radical (unpaired) electrons. The Morgan fingerprint density at radius 2 is 2.06 bits per heavy atom. The predicted molar refractivity (Wildman–Crippen MR) is 61.4 cm³/mol. The zero-order chi connectivity index (χ0) is 13.8. The van der Waals surface area contributed by atoms with Gasteiger partial charge in [0, 0.05) is 12.7 Å². The van der Waals surface area contributed by atoms with Crippen molar-refractivity contribution in [1.29, 1.82) is 0 Å². The Balaban J connectivity index is 0. The van der Waals surface area contributed by atoms with E-state index in [1.807, 2.05) is 0 Å². The van der Waals surface area contributed by atoms with Crippen LogP contribution in [0.1, 0.15) is 6.92 Å². The van der Waals surface area contributed by atoms with Crippen LogP contribution in [0, 0.1) is 0 Å². The number of hydrogen-bond acceptors (Lipinski definition) is 6. The quantitative estimate of drug-likeness (QED) is 0.404. The highest BCUT2D eigenvalue weighted by Crippen LogP contribution is 2.17. The predicted octanol–water partition coefficient (Wildman–Crippen LogP) is 0.288. The van der Waals surface area contributed by atoms with E-state index < -0.39 is 26.1 Å². The normalized spacial score (nSPS) is 12.6. The van der Waals surface area contributed by atoms with Crippen LogP contribution < -0.4 is 0 Å². The van der Waals surface area contributed by atoms with E-state index in [2.05, 4.69) is 15.8 Å². The van der Waals surface area contributed by atoms with Gasteiger partial charge in [0.1, 0.15) is 6.61 Å². The van der Waals surface area contributed by atoms with Crippen molar-refractivity contribution in [3.8, 4) is 0 Å². The number of carbonyl (C=O) groups is 2. The minimum atomic E-state index is -2.11. The maximum atomic E-state index is 10.3. The third-order valence-corrected chi connectivity index (χ3v) is 1.88. The number of aliphatic hydroxyl groups excluding tert-OH is 1. The van der Waals surface area contributed by atoms with Crippen LogP contribution in [0.3, 0.4) is 0 Å². The molecule has 0 rings (SSSR count). The van der Waals surface area contributed by atoms with Crippen LogP contribution in [0.15, 0.2) is 12.7 Å². The molecule has 0 aromatic heterocycles. The van der Waals surface area contributed by atoms with E-state index in [1.54, 1.807) is 0 Å². The van der Waals surface area contributed by atoms with Crippen LogP contribution in [-0.4, -0.2) is 48.1 Å². The van der Waals surface area contributed by atoms with Crippen molar-refractivity contribution < 1.29 is 33.6 Å². The lowest BCUT2D eigenvalue weighted by Gasteiger charge is -2.03. The summed E-state index contributed by atoms with van der Waals surface area (Å²) in [5, 5.41) is 16.3. The van der Waals surface area contributed by atoms with E-state index in [0.29, 0.717) is 0 Å². The molecule has 0 saturated carbocycles. The van der Waals surface area contributed by atoms with Crippen LogP contribution in [0.2, 0.25) is 0 Å². The average molecular weight is 268 g/mol. The molecule has 0 amide bonds. The zero-order valence-corrected chi connectivity index (χ0v) is 10.7. The molecular weight excluding hydrogens is 251 g/mol. The second-order valence-corrected chi connectivity index (χ2v) is 3.90. The monoisotopic (exact) mass is 268 g/mol. The van der Waals surface area contributed by atoms with Crippen molar-refractivity contribution in [2.75, 3.05) is 19.9 Å². The summed E-state index contributed by atoms with van der Waals surface area (Å²) in [5.41, 5.74) is 0. The van der Waals surface area contributed by atoms with Crippen LogP contribution >= 0.6 is 8.03 Å². The van der Waals surface area contributed by atoms with E-state index in [0.717, 1.165) is 6.08 Å². The Morgan fingerprint density at radius 3 is 2.29 bits per heavy atom.